The summed E-state index contributed by atoms with van der Waals surface area (Å²) >= 11 is 0. The summed E-state index contributed by atoms with van der Waals surface area (Å²) in [6, 6.07) is 14.3. The van der Waals surface area contributed by atoms with Crippen LogP contribution in [0, 0.1) is 6.92 Å². The van der Waals surface area contributed by atoms with E-state index in [1.807, 2.05) is 25.1 Å². The number of carbonyl (C=O) groups excluding carboxylic acids is 3. The second kappa shape index (κ2) is 8.43. The van der Waals surface area contributed by atoms with E-state index in [9.17, 15) is 14.4 Å². The second-order valence-electron chi connectivity index (χ2n) is 6.42. The quantitative estimate of drug-likeness (QED) is 0.238. The number of carbonyl (C=O) groups is 3. The smallest absolute Gasteiger partial charge is 0.345 e. The van der Waals surface area contributed by atoms with Crippen molar-refractivity contribution in [2.24, 2.45) is 5.73 Å². The van der Waals surface area contributed by atoms with Crippen LogP contribution in [0.2, 0.25) is 0 Å². The number of primary amides is 1. The molecule has 0 radical (unpaired) electrons. The van der Waals surface area contributed by atoms with Gasteiger partial charge >= 0.3 is 5.97 Å². The fourth-order valence-electron chi connectivity index (χ4n) is 2.88. The minimum Gasteiger partial charge on any atom is -0.462 e. The third-order valence-electron chi connectivity index (χ3n) is 4.31. The number of anilines is 2. The van der Waals surface area contributed by atoms with Crippen LogP contribution in [0.4, 0.5) is 11.4 Å². The van der Waals surface area contributed by atoms with Gasteiger partial charge in [-0.2, -0.15) is 0 Å². The Labute approximate surface area is 168 Å². The van der Waals surface area contributed by atoms with Crippen molar-refractivity contribution in [1.82, 2.24) is 0 Å². The molecule has 0 spiro atoms. The zero-order valence-electron chi connectivity index (χ0n) is 16.1. The predicted molar refractivity (Wildman–Crippen MR) is 110 cm³/mol. The maximum atomic E-state index is 12.8. The molecule has 0 saturated heterocycles. The van der Waals surface area contributed by atoms with Gasteiger partial charge in [0.05, 0.1) is 29.4 Å². The molecule has 148 valence electrons. The number of nitrogens with two attached hydrogens (primary N) is 1. The lowest BCUT2D eigenvalue weighted by atomic mass is 10.0. The molecule has 0 atom stereocenters. The fraction of sp³-hybridized carbons (Fsp3) is 0.136. The van der Waals surface area contributed by atoms with Gasteiger partial charge in [-0.05, 0) is 26.0 Å². The number of amides is 1. The van der Waals surface area contributed by atoms with Crippen LogP contribution in [0.15, 0.2) is 71.6 Å². The van der Waals surface area contributed by atoms with Crippen LogP contribution in [-0.4, -0.2) is 24.3 Å². The number of fused-ring (bicyclic) bond motifs is 1. The SMILES string of the molecule is CCOC(=O)/C(C(N)=O)=C1\Nc2ccccc2N\C1=C/C(=O)c1ccc(C)cc1. The highest BCUT2D eigenvalue weighted by atomic mass is 16.5. The number of hydrogen-bond acceptors (Lipinski definition) is 6. The van der Waals surface area contributed by atoms with Crippen molar-refractivity contribution in [1.29, 1.82) is 0 Å². The first-order valence-electron chi connectivity index (χ1n) is 9.08. The summed E-state index contributed by atoms with van der Waals surface area (Å²) in [6.45, 7) is 3.63. The van der Waals surface area contributed by atoms with Gasteiger partial charge < -0.3 is 21.1 Å². The Morgan fingerprint density at radius 1 is 1.00 bits per heavy atom. The average Bonchev–Trinajstić information content (AvgIpc) is 2.69. The van der Waals surface area contributed by atoms with Gasteiger partial charge in [0.15, 0.2) is 5.78 Å². The number of nitrogens with one attached hydrogen (secondary N) is 2. The van der Waals surface area contributed by atoms with E-state index >= 15 is 0 Å². The van der Waals surface area contributed by atoms with E-state index in [1.54, 1.807) is 37.3 Å². The zero-order chi connectivity index (χ0) is 21.0. The van der Waals surface area contributed by atoms with Crippen LogP contribution in [0.3, 0.4) is 0 Å². The van der Waals surface area contributed by atoms with Crippen LogP contribution < -0.4 is 16.4 Å². The molecule has 0 bridgehead atoms. The summed E-state index contributed by atoms with van der Waals surface area (Å²) in [5.74, 6) is -2.11. The molecule has 2 aromatic rings. The summed E-state index contributed by atoms with van der Waals surface area (Å²) in [5, 5.41) is 6.12. The lowest BCUT2D eigenvalue weighted by Gasteiger charge is -2.26. The van der Waals surface area contributed by atoms with Crippen LogP contribution in [0.5, 0.6) is 0 Å². The Bertz CT molecular complexity index is 1040. The first-order valence-corrected chi connectivity index (χ1v) is 9.08. The normalized spacial score (nSPS) is 15.6. The zero-order valence-corrected chi connectivity index (χ0v) is 16.1. The minimum absolute atomic E-state index is 0.0776. The van der Waals surface area contributed by atoms with Gasteiger partial charge in [-0.25, -0.2) is 4.79 Å². The first-order chi connectivity index (χ1) is 13.9. The molecule has 1 heterocycles. The molecular weight excluding hydrogens is 370 g/mol. The maximum Gasteiger partial charge on any atom is 0.345 e. The summed E-state index contributed by atoms with van der Waals surface area (Å²) in [4.78, 5) is 37.2. The number of para-hydroxylation sites is 2. The highest BCUT2D eigenvalue weighted by molar-refractivity contribution is 6.18. The summed E-state index contributed by atoms with van der Waals surface area (Å²) < 4.78 is 4.98. The fourth-order valence-corrected chi connectivity index (χ4v) is 2.88. The first kappa shape index (κ1) is 19.9. The van der Waals surface area contributed by atoms with Crippen LogP contribution in [0.25, 0.3) is 0 Å². The number of benzene rings is 2. The van der Waals surface area contributed by atoms with E-state index in [1.165, 1.54) is 6.08 Å². The van der Waals surface area contributed by atoms with Crippen molar-refractivity contribution < 1.29 is 19.1 Å². The van der Waals surface area contributed by atoms with Crippen molar-refractivity contribution in [2.75, 3.05) is 17.2 Å². The molecule has 1 aliphatic heterocycles. The van der Waals surface area contributed by atoms with Crippen LogP contribution in [-0.2, 0) is 14.3 Å². The molecule has 0 saturated carbocycles. The molecule has 3 rings (SSSR count). The van der Waals surface area contributed by atoms with E-state index in [4.69, 9.17) is 10.5 Å². The molecule has 0 aromatic heterocycles. The van der Waals surface area contributed by atoms with Crippen molar-refractivity contribution in [3.8, 4) is 0 Å². The highest BCUT2D eigenvalue weighted by Crippen LogP contribution is 2.33. The molecule has 7 heteroatoms. The van der Waals surface area contributed by atoms with Gasteiger partial charge in [0.2, 0.25) is 0 Å². The van der Waals surface area contributed by atoms with Gasteiger partial charge in [-0.1, -0.05) is 42.0 Å². The molecule has 0 fully saturated rings. The Kier molecular flexibility index (Phi) is 5.78. The summed E-state index contributed by atoms with van der Waals surface area (Å²) in [7, 11) is 0. The lowest BCUT2D eigenvalue weighted by Crippen LogP contribution is -2.30. The predicted octanol–water partition coefficient (Wildman–Crippen LogP) is 2.90. The topological polar surface area (TPSA) is 111 Å². The second-order valence-corrected chi connectivity index (χ2v) is 6.42. The van der Waals surface area contributed by atoms with Crippen LogP contribution in [0.1, 0.15) is 22.8 Å². The molecule has 1 aliphatic rings. The van der Waals surface area contributed by atoms with Gasteiger partial charge in [0.1, 0.15) is 5.57 Å². The molecule has 7 nitrogen and oxygen atoms in total. The lowest BCUT2D eigenvalue weighted by molar-refractivity contribution is -0.140. The molecular formula is C22H21N3O4. The summed E-state index contributed by atoms with van der Waals surface area (Å²) in [5.41, 5.74) is 8.25. The maximum absolute atomic E-state index is 12.8. The Balaban J connectivity index is 2.13. The average molecular weight is 391 g/mol. The number of ether oxygens (including phenoxy) is 1. The molecule has 4 N–H and O–H groups in total. The van der Waals surface area contributed by atoms with Gasteiger partial charge in [0, 0.05) is 11.6 Å². The Hall–Kier alpha value is -3.87. The molecule has 0 aliphatic carbocycles. The van der Waals surface area contributed by atoms with Crippen molar-refractivity contribution in [3.63, 3.8) is 0 Å². The molecule has 2 aromatic carbocycles. The Morgan fingerprint density at radius 3 is 2.21 bits per heavy atom. The van der Waals surface area contributed by atoms with Crippen molar-refractivity contribution in [2.45, 2.75) is 13.8 Å². The van der Waals surface area contributed by atoms with Gasteiger partial charge in [-0.15, -0.1) is 0 Å². The number of hydrogen-bond donors (Lipinski definition) is 3. The monoisotopic (exact) mass is 391 g/mol. The van der Waals surface area contributed by atoms with E-state index in [2.05, 4.69) is 10.6 Å². The molecule has 29 heavy (non-hydrogen) atoms. The number of esters is 1. The minimum atomic E-state index is -0.958. The standard InChI is InChI=1S/C22H21N3O4/c1-3-29-22(28)19(21(23)27)20-17(24-15-6-4-5-7-16(15)25-20)12-18(26)14-10-8-13(2)9-11-14/h4-12,24-25H,3H2,1-2H3,(H2,23,27)/b17-12-,20-19-. The number of aryl methyl sites for hydroxylation is 1. The van der Waals surface area contributed by atoms with E-state index in [-0.39, 0.29) is 29.4 Å². The third-order valence-corrected chi connectivity index (χ3v) is 4.31. The van der Waals surface area contributed by atoms with E-state index in [0.29, 0.717) is 16.9 Å². The van der Waals surface area contributed by atoms with E-state index in [0.717, 1.165) is 5.56 Å². The number of ketones is 1. The largest absolute Gasteiger partial charge is 0.462 e. The third kappa shape index (κ3) is 4.35. The number of allylic oxidation sites excluding steroid dienone is 1. The van der Waals surface area contributed by atoms with Crippen molar-refractivity contribution >= 4 is 29.0 Å². The molecule has 0 unspecified atom stereocenters. The van der Waals surface area contributed by atoms with Crippen LogP contribution >= 0.6 is 0 Å². The van der Waals surface area contributed by atoms with Gasteiger partial charge in [0.25, 0.3) is 5.91 Å². The molecule has 1 amide bonds. The number of rotatable bonds is 5. The van der Waals surface area contributed by atoms with Crippen molar-refractivity contribution in [3.05, 3.63) is 82.7 Å². The van der Waals surface area contributed by atoms with E-state index < -0.39 is 11.9 Å². The highest BCUT2D eigenvalue weighted by Gasteiger charge is 2.28. The van der Waals surface area contributed by atoms with Gasteiger partial charge in [-0.3, -0.25) is 9.59 Å². The Morgan fingerprint density at radius 2 is 1.62 bits per heavy atom. The summed E-state index contributed by atoms with van der Waals surface area (Å²) in [6.07, 6.45) is 1.32.